The molecule has 0 saturated heterocycles. The second kappa shape index (κ2) is 12.6. The molecule has 4 rings (SSSR count). The van der Waals surface area contributed by atoms with Crippen LogP contribution in [0.1, 0.15) is 41.3 Å². The number of likely N-dealkylation sites (N-methyl/N-ethyl adjacent to an activating group) is 1. The summed E-state index contributed by atoms with van der Waals surface area (Å²) in [6, 6.07) is 22.3. The molecule has 1 N–H and O–H groups in total. The van der Waals surface area contributed by atoms with Crippen molar-refractivity contribution in [1.29, 1.82) is 0 Å². The first-order chi connectivity index (χ1) is 18.7. The van der Waals surface area contributed by atoms with E-state index >= 15 is 0 Å². The third kappa shape index (κ3) is 6.57. The molecule has 0 unspecified atom stereocenters. The van der Waals surface area contributed by atoms with Crippen molar-refractivity contribution >= 4 is 43.7 Å². The zero-order valence-corrected chi connectivity index (χ0v) is 23.9. The van der Waals surface area contributed by atoms with Gasteiger partial charge in [-0.2, -0.15) is 0 Å². The van der Waals surface area contributed by atoms with Crippen molar-refractivity contribution in [2.45, 2.75) is 43.7 Å². The Kier molecular flexibility index (Phi) is 9.19. The summed E-state index contributed by atoms with van der Waals surface area (Å²) in [5, 5.41) is 2.85. The summed E-state index contributed by atoms with van der Waals surface area (Å²) in [7, 11) is -3.96. The number of rotatable bonds is 11. The summed E-state index contributed by atoms with van der Waals surface area (Å²) in [5.74, 6) is -1.16. The SMILES string of the molecule is CCNC(=O)[C@@H](Cc1ccccc1)N(Cc1cccc(Br)c1)C(=O)CCCN1C(=O)c2ccccc2S1(=O)=O. The molecule has 1 aliphatic heterocycles. The van der Waals surface area contributed by atoms with Crippen molar-refractivity contribution in [3.05, 3.63) is 100 Å². The van der Waals surface area contributed by atoms with E-state index in [9.17, 15) is 22.8 Å². The molecule has 10 heteroatoms. The summed E-state index contributed by atoms with van der Waals surface area (Å²) in [5.41, 5.74) is 1.89. The van der Waals surface area contributed by atoms with E-state index in [1.807, 2.05) is 61.5 Å². The van der Waals surface area contributed by atoms with Crippen LogP contribution in [0.5, 0.6) is 0 Å². The standard InChI is InChI=1S/C29H30BrN3O5S/c1-2-31-28(35)25(19-21-10-4-3-5-11-21)32(20-22-12-8-13-23(30)18-22)27(34)16-9-17-33-29(36)24-14-6-7-15-26(24)39(33,37)38/h3-8,10-15,18,25H,2,9,16-17,19-20H2,1H3,(H,31,35)/t25-/m1/s1. The van der Waals surface area contributed by atoms with Crippen LogP contribution in [0.4, 0.5) is 0 Å². The largest absolute Gasteiger partial charge is 0.355 e. The molecule has 3 aromatic carbocycles. The van der Waals surface area contributed by atoms with Gasteiger partial charge in [-0.15, -0.1) is 0 Å². The zero-order valence-electron chi connectivity index (χ0n) is 21.5. The maximum atomic E-state index is 13.7. The van der Waals surface area contributed by atoms with Gasteiger partial charge < -0.3 is 10.2 Å². The van der Waals surface area contributed by atoms with E-state index in [4.69, 9.17) is 0 Å². The van der Waals surface area contributed by atoms with Gasteiger partial charge in [0.1, 0.15) is 10.9 Å². The number of amides is 3. The molecule has 0 aromatic heterocycles. The number of halogens is 1. The average Bonchev–Trinajstić information content (AvgIpc) is 3.12. The summed E-state index contributed by atoms with van der Waals surface area (Å²) in [4.78, 5) is 41.2. The Morgan fingerprint density at radius 2 is 1.67 bits per heavy atom. The summed E-state index contributed by atoms with van der Waals surface area (Å²) in [6.07, 6.45) is 0.412. The first kappa shape index (κ1) is 28.5. The van der Waals surface area contributed by atoms with Crippen molar-refractivity contribution in [1.82, 2.24) is 14.5 Å². The Bertz CT molecular complexity index is 1460. The Morgan fingerprint density at radius 3 is 2.36 bits per heavy atom. The molecule has 8 nitrogen and oxygen atoms in total. The van der Waals surface area contributed by atoms with Gasteiger partial charge >= 0.3 is 0 Å². The normalized spacial score (nSPS) is 14.5. The van der Waals surface area contributed by atoms with E-state index in [0.29, 0.717) is 13.0 Å². The second-order valence-electron chi connectivity index (χ2n) is 9.23. The summed E-state index contributed by atoms with van der Waals surface area (Å²) < 4.78 is 27.5. The minimum Gasteiger partial charge on any atom is -0.355 e. The van der Waals surface area contributed by atoms with Gasteiger partial charge in [-0.25, -0.2) is 12.7 Å². The zero-order chi connectivity index (χ0) is 28.0. The number of carbonyl (C=O) groups excluding carboxylic acids is 3. The second-order valence-corrected chi connectivity index (χ2v) is 12.0. The van der Waals surface area contributed by atoms with Crippen molar-refractivity contribution in [3.8, 4) is 0 Å². The van der Waals surface area contributed by atoms with Gasteiger partial charge in [-0.3, -0.25) is 14.4 Å². The summed E-state index contributed by atoms with van der Waals surface area (Å²) in [6.45, 7) is 2.30. The third-order valence-corrected chi connectivity index (χ3v) is 8.86. The molecule has 0 saturated carbocycles. The van der Waals surface area contributed by atoms with Crippen molar-refractivity contribution in [2.75, 3.05) is 13.1 Å². The van der Waals surface area contributed by atoms with E-state index in [0.717, 1.165) is 19.9 Å². The lowest BCUT2D eigenvalue weighted by Gasteiger charge is -2.31. The molecular formula is C29H30BrN3O5S. The van der Waals surface area contributed by atoms with Gasteiger partial charge in [0.2, 0.25) is 11.8 Å². The highest BCUT2D eigenvalue weighted by Crippen LogP contribution is 2.30. The van der Waals surface area contributed by atoms with Crippen LogP contribution < -0.4 is 5.32 Å². The number of hydrogen-bond acceptors (Lipinski definition) is 5. The first-order valence-electron chi connectivity index (χ1n) is 12.7. The third-order valence-electron chi connectivity index (χ3n) is 6.53. The van der Waals surface area contributed by atoms with E-state index < -0.39 is 22.0 Å². The minimum atomic E-state index is -3.96. The number of fused-ring (bicyclic) bond motifs is 1. The van der Waals surface area contributed by atoms with Crippen LogP contribution in [0, 0.1) is 0 Å². The van der Waals surface area contributed by atoms with Gasteiger partial charge in [-0.1, -0.05) is 70.5 Å². The lowest BCUT2D eigenvalue weighted by Crippen LogP contribution is -2.50. The molecule has 3 aromatic rings. The highest BCUT2D eigenvalue weighted by molar-refractivity contribution is 9.10. The van der Waals surface area contributed by atoms with Crippen molar-refractivity contribution in [3.63, 3.8) is 0 Å². The topological polar surface area (TPSA) is 104 Å². The van der Waals surface area contributed by atoms with Gasteiger partial charge in [0.25, 0.3) is 15.9 Å². The van der Waals surface area contributed by atoms with E-state index in [1.165, 1.54) is 12.1 Å². The molecule has 0 fully saturated rings. The number of nitrogens with one attached hydrogen (secondary N) is 1. The smallest absolute Gasteiger partial charge is 0.269 e. The Labute approximate surface area is 237 Å². The minimum absolute atomic E-state index is 0.0169. The molecule has 0 bridgehead atoms. The van der Waals surface area contributed by atoms with Gasteiger partial charge in [0.05, 0.1) is 5.56 Å². The van der Waals surface area contributed by atoms with Gasteiger partial charge in [-0.05, 0) is 48.7 Å². The van der Waals surface area contributed by atoms with E-state index in [2.05, 4.69) is 21.2 Å². The molecule has 0 aliphatic carbocycles. The highest BCUT2D eigenvalue weighted by Gasteiger charge is 2.40. The average molecular weight is 613 g/mol. The number of nitrogens with zero attached hydrogens (tertiary/aromatic N) is 2. The number of carbonyl (C=O) groups is 3. The monoisotopic (exact) mass is 611 g/mol. The maximum absolute atomic E-state index is 13.7. The molecule has 1 atom stereocenters. The van der Waals surface area contributed by atoms with Crippen LogP contribution >= 0.6 is 15.9 Å². The predicted molar refractivity (Wildman–Crippen MR) is 151 cm³/mol. The lowest BCUT2D eigenvalue weighted by atomic mass is 10.0. The van der Waals surface area contributed by atoms with Crippen LogP contribution in [0.25, 0.3) is 0 Å². The molecule has 0 radical (unpaired) electrons. The summed E-state index contributed by atoms with van der Waals surface area (Å²) >= 11 is 3.46. The van der Waals surface area contributed by atoms with Gasteiger partial charge in [0, 0.05) is 36.9 Å². The Hall–Kier alpha value is -3.50. The van der Waals surface area contributed by atoms with Crippen molar-refractivity contribution in [2.24, 2.45) is 0 Å². The lowest BCUT2D eigenvalue weighted by molar-refractivity contribution is -0.141. The molecule has 39 heavy (non-hydrogen) atoms. The molecular weight excluding hydrogens is 582 g/mol. The fraction of sp³-hybridized carbons (Fsp3) is 0.276. The van der Waals surface area contributed by atoms with Crippen LogP contribution in [0.15, 0.2) is 88.2 Å². The molecule has 1 aliphatic rings. The number of benzene rings is 3. The van der Waals surface area contributed by atoms with Crippen LogP contribution in [-0.4, -0.2) is 54.5 Å². The number of hydrogen-bond donors (Lipinski definition) is 1. The van der Waals surface area contributed by atoms with Crippen LogP contribution in [0.3, 0.4) is 0 Å². The first-order valence-corrected chi connectivity index (χ1v) is 15.0. The highest BCUT2D eigenvalue weighted by atomic mass is 79.9. The molecule has 3 amide bonds. The Morgan fingerprint density at radius 1 is 0.974 bits per heavy atom. The predicted octanol–water partition coefficient (Wildman–Crippen LogP) is 4.15. The maximum Gasteiger partial charge on any atom is 0.269 e. The fourth-order valence-electron chi connectivity index (χ4n) is 4.65. The molecule has 1 heterocycles. The van der Waals surface area contributed by atoms with E-state index in [-0.39, 0.29) is 48.2 Å². The van der Waals surface area contributed by atoms with Crippen LogP contribution in [0.2, 0.25) is 0 Å². The Balaban J connectivity index is 1.55. The quantitative estimate of drug-likeness (QED) is 0.351. The number of sulfonamides is 1. The van der Waals surface area contributed by atoms with E-state index in [1.54, 1.807) is 17.0 Å². The molecule has 0 spiro atoms. The van der Waals surface area contributed by atoms with Gasteiger partial charge in [0.15, 0.2) is 0 Å². The molecule has 204 valence electrons. The van der Waals surface area contributed by atoms with Crippen molar-refractivity contribution < 1.29 is 22.8 Å². The van der Waals surface area contributed by atoms with Crippen LogP contribution in [-0.2, 0) is 32.6 Å². The fourth-order valence-corrected chi connectivity index (χ4v) is 6.70.